The largest absolute Gasteiger partial charge is 0.354 e. The topological polar surface area (TPSA) is 15.8 Å². The Hall–Kier alpha value is -2.09. The summed E-state index contributed by atoms with van der Waals surface area (Å²) in [4.78, 5) is 3.38. The molecule has 0 radical (unpaired) electrons. The maximum Gasteiger partial charge on any atom is 0.123 e. The van der Waals surface area contributed by atoms with Crippen molar-refractivity contribution in [2.75, 3.05) is 0 Å². The minimum absolute atomic E-state index is 0.206. The zero-order valence-electron chi connectivity index (χ0n) is 9.50. The predicted octanol–water partition coefficient (Wildman–Crippen LogP) is 4.28. The van der Waals surface area contributed by atoms with E-state index in [1.54, 1.807) is 12.1 Å². The van der Waals surface area contributed by atoms with Gasteiger partial charge in [0.2, 0.25) is 0 Å². The normalized spacial score (nSPS) is 10.9. The summed E-state index contributed by atoms with van der Waals surface area (Å²) in [7, 11) is 0. The molecule has 1 aromatic heterocycles. The molecule has 0 saturated carbocycles. The molecule has 1 nitrogen and oxygen atoms in total. The molecule has 84 valence electrons. The van der Waals surface area contributed by atoms with Crippen LogP contribution in [-0.4, -0.2) is 4.98 Å². The van der Waals surface area contributed by atoms with E-state index in [0.717, 1.165) is 16.8 Å². The lowest BCUT2D eigenvalue weighted by molar-refractivity contribution is 0.628. The van der Waals surface area contributed by atoms with Gasteiger partial charge >= 0.3 is 0 Å². The average molecular weight is 225 g/mol. The molecule has 0 fully saturated rings. The van der Waals surface area contributed by atoms with Crippen molar-refractivity contribution in [3.05, 3.63) is 59.9 Å². The Morgan fingerprint density at radius 2 is 1.65 bits per heavy atom. The van der Waals surface area contributed by atoms with Crippen LogP contribution >= 0.6 is 0 Å². The maximum absolute atomic E-state index is 12.9. The Balaban J connectivity index is 2.24. The SMILES string of the molecule is Cc1c(-c2ccc(F)cc2)[nH]c2ccccc12. The number of aryl methyl sites for hydroxylation is 1. The highest BCUT2D eigenvalue weighted by Gasteiger charge is 2.08. The number of para-hydroxylation sites is 1. The number of aromatic amines is 1. The van der Waals surface area contributed by atoms with Crippen LogP contribution in [0, 0.1) is 12.7 Å². The van der Waals surface area contributed by atoms with Crippen LogP contribution in [0.3, 0.4) is 0 Å². The van der Waals surface area contributed by atoms with Gasteiger partial charge in [-0.1, -0.05) is 18.2 Å². The highest BCUT2D eigenvalue weighted by molar-refractivity contribution is 5.90. The molecule has 3 aromatic rings. The van der Waals surface area contributed by atoms with E-state index in [9.17, 15) is 4.39 Å². The van der Waals surface area contributed by atoms with Crippen LogP contribution in [0.25, 0.3) is 22.2 Å². The molecule has 1 N–H and O–H groups in total. The van der Waals surface area contributed by atoms with E-state index in [2.05, 4.69) is 24.0 Å². The average Bonchev–Trinajstić information content (AvgIpc) is 2.69. The fraction of sp³-hybridized carbons (Fsp3) is 0.0667. The first-order valence-electron chi connectivity index (χ1n) is 5.59. The smallest absolute Gasteiger partial charge is 0.123 e. The van der Waals surface area contributed by atoms with Crippen LogP contribution in [0.4, 0.5) is 4.39 Å². The van der Waals surface area contributed by atoms with Gasteiger partial charge in [0.25, 0.3) is 0 Å². The summed E-state index contributed by atoms with van der Waals surface area (Å²) in [5, 5.41) is 1.21. The van der Waals surface area contributed by atoms with Crippen LogP contribution < -0.4 is 0 Å². The van der Waals surface area contributed by atoms with Crippen molar-refractivity contribution in [1.29, 1.82) is 0 Å². The monoisotopic (exact) mass is 225 g/mol. The molecule has 2 heteroatoms. The maximum atomic E-state index is 12.9. The molecule has 0 aliphatic rings. The molecule has 0 saturated heterocycles. The summed E-state index contributed by atoms with van der Waals surface area (Å²) in [6.45, 7) is 2.08. The number of hydrogen-bond donors (Lipinski definition) is 1. The molecule has 3 rings (SSSR count). The van der Waals surface area contributed by atoms with Gasteiger partial charge in [0.1, 0.15) is 5.82 Å². The molecular formula is C15H12FN. The summed E-state index contributed by atoms with van der Waals surface area (Å²) >= 11 is 0. The van der Waals surface area contributed by atoms with Crippen LogP contribution in [-0.2, 0) is 0 Å². The van der Waals surface area contributed by atoms with Gasteiger partial charge in [0.05, 0.1) is 0 Å². The molecule has 2 aromatic carbocycles. The van der Waals surface area contributed by atoms with Gasteiger partial charge < -0.3 is 4.98 Å². The zero-order chi connectivity index (χ0) is 11.8. The number of rotatable bonds is 1. The molecule has 0 aliphatic carbocycles. The number of halogens is 1. The number of benzene rings is 2. The summed E-state index contributed by atoms with van der Waals surface area (Å²) in [5.41, 5.74) is 4.39. The number of H-pyrrole nitrogens is 1. The first-order valence-corrected chi connectivity index (χ1v) is 5.59. The lowest BCUT2D eigenvalue weighted by Gasteiger charge is -1.99. The van der Waals surface area contributed by atoms with Crippen LogP contribution in [0.15, 0.2) is 48.5 Å². The van der Waals surface area contributed by atoms with Crippen molar-refractivity contribution in [2.45, 2.75) is 6.92 Å². The fourth-order valence-electron chi connectivity index (χ4n) is 2.19. The van der Waals surface area contributed by atoms with Crippen molar-refractivity contribution < 1.29 is 4.39 Å². The molecular weight excluding hydrogens is 213 g/mol. The van der Waals surface area contributed by atoms with Crippen LogP contribution in [0.2, 0.25) is 0 Å². The van der Waals surface area contributed by atoms with Gasteiger partial charge in [0.15, 0.2) is 0 Å². The quantitative estimate of drug-likeness (QED) is 0.636. The van der Waals surface area contributed by atoms with Crippen LogP contribution in [0.5, 0.6) is 0 Å². The molecule has 17 heavy (non-hydrogen) atoms. The number of hydrogen-bond acceptors (Lipinski definition) is 0. The van der Waals surface area contributed by atoms with E-state index in [4.69, 9.17) is 0 Å². The third-order valence-corrected chi connectivity index (χ3v) is 3.10. The molecule has 0 aliphatic heterocycles. The third-order valence-electron chi connectivity index (χ3n) is 3.10. The summed E-state index contributed by atoms with van der Waals surface area (Å²) in [6, 6.07) is 14.7. The summed E-state index contributed by atoms with van der Waals surface area (Å²) < 4.78 is 12.9. The Morgan fingerprint density at radius 3 is 2.35 bits per heavy atom. The van der Waals surface area contributed by atoms with Gasteiger partial charge in [-0.25, -0.2) is 4.39 Å². The molecule has 1 heterocycles. The highest BCUT2D eigenvalue weighted by Crippen LogP contribution is 2.29. The van der Waals surface area contributed by atoms with Crippen molar-refractivity contribution in [1.82, 2.24) is 4.98 Å². The van der Waals surface area contributed by atoms with E-state index in [1.165, 1.54) is 23.1 Å². The standard InChI is InChI=1S/C15H12FN/c1-10-13-4-2-3-5-14(13)17-15(10)11-6-8-12(16)9-7-11/h2-9,17H,1H3. The summed E-state index contributed by atoms with van der Waals surface area (Å²) in [6.07, 6.45) is 0. The van der Waals surface area contributed by atoms with E-state index < -0.39 is 0 Å². The van der Waals surface area contributed by atoms with E-state index >= 15 is 0 Å². The number of aromatic nitrogens is 1. The highest BCUT2D eigenvalue weighted by atomic mass is 19.1. The molecule has 0 unspecified atom stereocenters. The zero-order valence-corrected chi connectivity index (χ0v) is 9.50. The van der Waals surface area contributed by atoms with Crippen molar-refractivity contribution >= 4 is 10.9 Å². The van der Waals surface area contributed by atoms with Gasteiger partial charge in [-0.15, -0.1) is 0 Å². The van der Waals surface area contributed by atoms with E-state index in [1.807, 2.05) is 12.1 Å². The number of fused-ring (bicyclic) bond motifs is 1. The second-order valence-corrected chi connectivity index (χ2v) is 4.18. The Morgan fingerprint density at radius 1 is 0.941 bits per heavy atom. The van der Waals surface area contributed by atoms with Gasteiger partial charge in [-0.05, 0) is 48.4 Å². The van der Waals surface area contributed by atoms with E-state index in [-0.39, 0.29) is 5.82 Å². The van der Waals surface area contributed by atoms with Crippen molar-refractivity contribution in [2.24, 2.45) is 0 Å². The molecule has 0 spiro atoms. The minimum atomic E-state index is -0.206. The lowest BCUT2D eigenvalue weighted by atomic mass is 10.1. The van der Waals surface area contributed by atoms with Gasteiger partial charge in [0, 0.05) is 16.6 Å². The van der Waals surface area contributed by atoms with Crippen molar-refractivity contribution in [3.63, 3.8) is 0 Å². The van der Waals surface area contributed by atoms with Gasteiger partial charge in [-0.3, -0.25) is 0 Å². The number of nitrogens with one attached hydrogen (secondary N) is 1. The summed E-state index contributed by atoms with van der Waals surface area (Å²) in [5.74, 6) is -0.206. The van der Waals surface area contributed by atoms with Crippen LogP contribution in [0.1, 0.15) is 5.56 Å². The van der Waals surface area contributed by atoms with Gasteiger partial charge in [-0.2, -0.15) is 0 Å². The van der Waals surface area contributed by atoms with Crippen molar-refractivity contribution in [3.8, 4) is 11.3 Å². The first-order chi connectivity index (χ1) is 8.25. The third kappa shape index (κ3) is 1.62. The Kier molecular flexibility index (Phi) is 2.22. The molecule has 0 atom stereocenters. The lowest BCUT2D eigenvalue weighted by Crippen LogP contribution is -1.81. The Bertz CT molecular complexity index is 665. The predicted molar refractivity (Wildman–Crippen MR) is 68.4 cm³/mol. The molecule has 0 amide bonds. The second kappa shape index (κ2) is 3.74. The molecule has 0 bridgehead atoms. The van der Waals surface area contributed by atoms with E-state index in [0.29, 0.717) is 0 Å². The first kappa shape index (κ1) is 10.1. The fourth-order valence-corrected chi connectivity index (χ4v) is 2.19. The Labute approximate surface area is 98.9 Å². The minimum Gasteiger partial charge on any atom is -0.354 e. The second-order valence-electron chi connectivity index (χ2n) is 4.18.